The second kappa shape index (κ2) is 10.0. The first-order chi connectivity index (χ1) is 14.3. The number of nitrogens with one attached hydrogen (secondary N) is 1. The van der Waals surface area contributed by atoms with Crippen molar-refractivity contribution in [3.05, 3.63) is 59.4 Å². The van der Waals surface area contributed by atoms with Gasteiger partial charge in [-0.15, -0.1) is 10.2 Å². The molecule has 1 aromatic heterocycles. The van der Waals surface area contributed by atoms with Crippen LogP contribution in [0.4, 0.5) is 10.5 Å². The fraction of sp³-hybridized carbons (Fsp3) is 0.200. The lowest BCUT2D eigenvalue weighted by atomic mass is 10.2. The molecule has 1 heterocycles. The van der Waals surface area contributed by atoms with Crippen LogP contribution in [0.25, 0.3) is 5.69 Å². The van der Waals surface area contributed by atoms with Gasteiger partial charge in [0.2, 0.25) is 5.91 Å². The largest absolute Gasteiger partial charge is 0.339 e. The molecule has 2 aromatic carbocycles. The minimum Gasteiger partial charge on any atom is -0.339 e. The van der Waals surface area contributed by atoms with Gasteiger partial charge in [0.1, 0.15) is 6.33 Å². The molecule has 2 amide bonds. The highest BCUT2D eigenvalue weighted by Crippen LogP contribution is 2.29. The summed E-state index contributed by atoms with van der Waals surface area (Å²) in [5.41, 5.74) is 2.39. The third kappa shape index (κ3) is 5.56. The predicted molar refractivity (Wildman–Crippen MR) is 122 cm³/mol. The summed E-state index contributed by atoms with van der Waals surface area (Å²) >= 11 is 8.54. The van der Waals surface area contributed by atoms with Crippen LogP contribution in [-0.4, -0.2) is 50.7 Å². The highest BCUT2D eigenvalue weighted by Gasteiger charge is 2.14. The molecule has 156 valence electrons. The normalized spacial score (nSPS) is 10.7. The van der Waals surface area contributed by atoms with Crippen LogP contribution in [-0.2, 0) is 4.79 Å². The SMILES string of the molecule is Cc1ccc(-n2cnnc2SCC(=O)Nc2ccccc2SC(=O)N(C)C)cc1Cl. The van der Waals surface area contributed by atoms with Gasteiger partial charge >= 0.3 is 0 Å². The Labute approximate surface area is 188 Å². The van der Waals surface area contributed by atoms with E-state index in [1.54, 1.807) is 37.1 Å². The van der Waals surface area contributed by atoms with Crippen LogP contribution in [0.2, 0.25) is 5.02 Å². The van der Waals surface area contributed by atoms with Crippen molar-refractivity contribution in [2.45, 2.75) is 17.0 Å². The van der Waals surface area contributed by atoms with Crippen molar-refractivity contribution < 1.29 is 9.59 Å². The Bertz CT molecular complexity index is 1070. The van der Waals surface area contributed by atoms with E-state index in [0.29, 0.717) is 20.8 Å². The maximum absolute atomic E-state index is 12.5. The molecular weight excluding hydrogens is 442 g/mol. The summed E-state index contributed by atoms with van der Waals surface area (Å²) in [5.74, 6) is -0.0688. The highest BCUT2D eigenvalue weighted by molar-refractivity contribution is 8.13. The Balaban J connectivity index is 1.66. The first-order valence-electron chi connectivity index (χ1n) is 8.92. The molecule has 0 bridgehead atoms. The Kier molecular flexibility index (Phi) is 7.41. The Morgan fingerprint density at radius 2 is 1.97 bits per heavy atom. The van der Waals surface area contributed by atoms with Gasteiger partial charge in [0, 0.05) is 24.0 Å². The molecule has 0 radical (unpaired) electrons. The van der Waals surface area contributed by atoms with Crippen molar-refractivity contribution in [3.63, 3.8) is 0 Å². The van der Waals surface area contributed by atoms with Crippen LogP contribution in [0, 0.1) is 6.92 Å². The molecule has 3 aromatic rings. The van der Waals surface area contributed by atoms with E-state index < -0.39 is 0 Å². The number of rotatable bonds is 6. The predicted octanol–water partition coefficient (Wildman–Crippen LogP) is 4.73. The number of halogens is 1. The van der Waals surface area contributed by atoms with Gasteiger partial charge < -0.3 is 10.2 Å². The van der Waals surface area contributed by atoms with Crippen LogP contribution in [0.3, 0.4) is 0 Å². The van der Waals surface area contributed by atoms with Crippen molar-refractivity contribution in [3.8, 4) is 5.69 Å². The number of amides is 2. The lowest BCUT2D eigenvalue weighted by Crippen LogP contribution is -2.18. The smallest absolute Gasteiger partial charge is 0.286 e. The number of carbonyl (C=O) groups is 2. The number of para-hydroxylation sites is 1. The molecule has 30 heavy (non-hydrogen) atoms. The van der Waals surface area contributed by atoms with E-state index in [0.717, 1.165) is 23.0 Å². The molecule has 0 spiro atoms. The minimum atomic E-state index is -0.207. The molecule has 0 unspecified atom stereocenters. The third-order valence-electron chi connectivity index (χ3n) is 4.01. The highest BCUT2D eigenvalue weighted by atomic mass is 35.5. The van der Waals surface area contributed by atoms with Crippen molar-refractivity contribution in [1.29, 1.82) is 0 Å². The van der Waals surface area contributed by atoms with E-state index in [-0.39, 0.29) is 16.9 Å². The number of hydrogen-bond donors (Lipinski definition) is 1. The van der Waals surface area contributed by atoms with Crippen molar-refractivity contribution in [1.82, 2.24) is 19.7 Å². The Hall–Kier alpha value is -2.49. The van der Waals surface area contributed by atoms with Crippen LogP contribution >= 0.6 is 35.1 Å². The summed E-state index contributed by atoms with van der Waals surface area (Å²) in [4.78, 5) is 26.7. The molecule has 7 nitrogen and oxygen atoms in total. The van der Waals surface area contributed by atoms with E-state index in [4.69, 9.17) is 11.6 Å². The van der Waals surface area contributed by atoms with Gasteiger partial charge in [-0.25, -0.2) is 0 Å². The van der Waals surface area contributed by atoms with Crippen LogP contribution in [0.5, 0.6) is 0 Å². The third-order valence-corrected chi connectivity index (χ3v) is 6.47. The summed E-state index contributed by atoms with van der Waals surface area (Å²) in [5, 5.41) is 12.0. The molecule has 0 atom stereocenters. The average molecular weight is 462 g/mol. The standard InChI is InChI=1S/C20H20ClN5O2S2/c1-13-8-9-14(10-15(13)21)26-12-22-24-19(26)29-11-18(27)23-16-6-4-5-7-17(16)30-20(28)25(2)3/h4-10,12H,11H2,1-3H3,(H,23,27). The molecule has 0 aliphatic rings. The van der Waals surface area contributed by atoms with Gasteiger partial charge in [-0.3, -0.25) is 14.2 Å². The fourth-order valence-corrected chi connectivity index (χ4v) is 4.04. The topological polar surface area (TPSA) is 80.1 Å². The summed E-state index contributed by atoms with van der Waals surface area (Å²) in [7, 11) is 3.37. The van der Waals surface area contributed by atoms with Crippen molar-refractivity contribution in [2.75, 3.05) is 25.2 Å². The Morgan fingerprint density at radius 3 is 2.70 bits per heavy atom. The summed E-state index contributed by atoms with van der Waals surface area (Å²) < 4.78 is 1.78. The number of anilines is 1. The molecule has 1 N–H and O–H groups in total. The number of aryl methyl sites for hydroxylation is 1. The Morgan fingerprint density at radius 1 is 1.20 bits per heavy atom. The fourth-order valence-electron chi connectivity index (χ4n) is 2.39. The molecular formula is C20H20ClN5O2S2. The molecule has 0 aliphatic heterocycles. The number of carbonyl (C=O) groups excluding carboxylic acids is 2. The van der Waals surface area contributed by atoms with E-state index in [1.165, 1.54) is 16.7 Å². The lowest BCUT2D eigenvalue weighted by molar-refractivity contribution is -0.113. The second-order valence-electron chi connectivity index (χ2n) is 6.51. The van der Waals surface area contributed by atoms with Crippen molar-refractivity contribution >= 4 is 52.0 Å². The zero-order valence-corrected chi connectivity index (χ0v) is 19.0. The lowest BCUT2D eigenvalue weighted by Gasteiger charge is -2.13. The molecule has 0 saturated carbocycles. The number of nitrogens with zero attached hydrogens (tertiary/aromatic N) is 4. The van der Waals surface area contributed by atoms with E-state index in [2.05, 4.69) is 15.5 Å². The quantitative estimate of drug-likeness (QED) is 0.534. The zero-order chi connectivity index (χ0) is 21.7. The van der Waals surface area contributed by atoms with Gasteiger partial charge in [0.15, 0.2) is 5.16 Å². The molecule has 0 fully saturated rings. The minimum absolute atomic E-state index is 0.115. The van der Waals surface area contributed by atoms with Gasteiger partial charge in [-0.1, -0.05) is 41.6 Å². The number of aromatic nitrogens is 3. The van der Waals surface area contributed by atoms with Crippen molar-refractivity contribution in [2.24, 2.45) is 0 Å². The number of hydrogen-bond acceptors (Lipinski definition) is 6. The molecule has 10 heteroatoms. The molecule has 3 rings (SSSR count). The maximum atomic E-state index is 12.5. The van der Waals surface area contributed by atoms with Gasteiger partial charge in [-0.2, -0.15) is 0 Å². The van der Waals surface area contributed by atoms with Gasteiger partial charge in [0.25, 0.3) is 5.24 Å². The molecule has 0 aliphatic carbocycles. The first kappa shape index (κ1) is 22.2. The second-order valence-corrected chi connectivity index (χ2v) is 8.86. The summed E-state index contributed by atoms with van der Waals surface area (Å²) in [6.07, 6.45) is 1.58. The van der Waals surface area contributed by atoms with E-state index in [1.807, 2.05) is 37.3 Å². The molecule has 0 saturated heterocycles. The monoisotopic (exact) mass is 461 g/mol. The number of benzene rings is 2. The van der Waals surface area contributed by atoms with Crippen LogP contribution < -0.4 is 5.32 Å². The van der Waals surface area contributed by atoms with Crippen LogP contribution in [0.15, 0.2) is 58.8 Å². The average Bonchev–Trinajstić information content (AvgIpc) is 3.18. The summed E-state index contributed by atoms with van der Waals surface area (Å²) in [6.45, 7) is 1.93. The zero-order valence-electron chi connectivity index (χ0n) is 16.6. The maximum Gasteiger partial charge on any atom is 0.286 e. The van der Waals surface area contributed by atoms with E-state index >= 15 is 0 Å². The number of thioether (sulfide) groups is 2. The van der Waals surface area contributed by atoms with E-state index in [9.17, 15) is 9.59 Å². The first-order valence-corrected chi connectivity index (χ1v) is 11.1. The van der Waals surface area contributed by atoms with Gasteiger partial charge in [0.05, 0.1) is 17.1 Å². The summed E-state index contributed by atoms with van der Waals surface area (Å²) in [6, 6.07) is 12.9. The van der Waals surface area contributed by atoms with Crippen LogP contribution in [0.1, 0.15) is 5.56 Å². The van der Waals surface area contributed by atoms with Gasteiger partial charge in [-0.05, 0) is 48.5 Å².